The van der Waals surface area contributed by atoms with E-state index in [4.69, 9.17) is 4.74 Å². The van der Waals surface area contributed by atoms with Gasteiger partial charge in [0.05, 0.1) is 6.54 Å². The molecule has 4 heteroatoms. The second kappa shape index (κ2) is 6.43. The number of likely N-dealkylation sites (N-methyl/N-ethyl adjacent to an activating group) is 1. The molecule has 0 aromatic carbocycles. The van der Waals surface area contributed by atoms with Crippen molar-refractivity contribution >= 4 is 11.8 Å². The summed E-state index contributed by atoms with van der Waals surface area (Å²) in [4.78, 5) is 23.8. The monoisotopic (exact) mass is 227 g/mol. The number of ether oxygens (including phenoxy) is 1. The van der Waals surface area contributed by atoms with E-state index in [-0.39, 0.29) is 18.3 Å². The Kier molecular flexibility index (Phi) is 5.96. The Morgan fingerprint density at radius 1 is 1.31 bits per heavy atom. The fraction of sp³-hybridized carbons (Fsp3) is 0.667. The lowest BCUT2D eigenvalue weighted by atomic mass is 10.2. The zero-order valence-corrected chi connectivity index (χ0v) is 10.7. The van der Waals surface area contributed by atoms with Gasteiger partial charge in [-0.2, -0.15) is 0 Å². The second-order valence-electron chi connectivity index (χ2n) is 4.80. The van der Waals surface area contributed by atoms with Gasteiger partial charge >= 0.3 is 5.97 Å². The predicted octanol–water partition coefficient (Wildman–Crippen LogP) is 1.41. The molecule has 0 saturated heterocycles. The molecular weight excluding hydrogens is 206 g/mol. The molecule has 0 aromatic heterocycles. The van der Waals surface area contributed by atoms with Crippen molar-refractivity contribution < 1.29 is 14.3 Å². The van der Waals surface area contributed by atoms with E-state index in [0.29, 0.717) is 6.54 Å². The number of esters is 1. The molecule has 0 unspecified atom stereocenters. The standard InChI is InChI=1S/C12H21NO3/c1-10(14)7-6-8-13(5)9-11(15)16-12(2,3)4/h6-7H,8-9H2,1-5H3/b7-6+. The van der Waals surface area contributed by atoms with Crippen LogP contribution in [0.1, 0.15) is 27.7 Å². The van der Waals surface area contributed by atoms with Crippen molar-refractivity contribution in [1.82, 2.24) is 4.90 Å². The number of hydrogen-bond donors (Lipinski definition) is 0. The van der Waals surface area contributed by atoms with Gasteiger partial charge in [0.1, 0.15) is 5.60 Å². The predicted molar refractivity (Wildman–Crippen MR) is 63.2 cm³/mol. The molecule has 0 N–H and O–H groups in total. The van der Waals surface area contributed by atoms with Crippen molar-refractivity contribution in [2.45, 2.75) is 33.3 Å². The molecule has 0 bridgehead atoms. The maximum atomic E-state index is 11.4. The fourth-order valence-electron chi connectivity index (χ4n) is 1.06. The van der Waals surface area contributed by atoms with Crippen LogP contribution in [0.4, 0.5) is 0 Å². The van der Waals surface area contributed by atoms with Crippen LogP contribution < -0.4 is 0 Å². The van der Waals surface area contributed by atoms with E-state index in [2.05, 4.69) is 0 Å². The molecule has 0 rings (SSSR count). The molecule has 0 amide bonds. The highest BCUT2D eigenvalue weighted by atomic mass is 16.6. The number of carbonyl (C=O) groups excluding carboxylic acids is 2. The van der Waals surface area contributed by atoms with Crippen LogP contribution in [0.2, 0.25) is 0 Å². The molecule has 0 aliphatic carbocycles. The van der Waals surface area contributed by atoms with E-state index < -0.39 is 5.60 Å². The van der Waals surface area contributed by atoms with E-state index in [1.807, 2.05) is 20.8 Å². The van der Waals surface area contributed by atoms with Crippen LogP contribution >= 0.6 is 0 Å². The summed E-state index contributed by atoms with van der Waals surface area (Å²) in [5, 5.41) is 0. The highest BCUT2D eigenvalue weighted by molar-refractivity contribution is 5.87. The van der Waals surface area contributed by atoms with Gasteiger partial charge in [-0.25, -0.2) is 0 Å². The van der Waals surface area contributed by atoms with Gasteiger partial charge < -0.3 is 4.74 Å². The SMILES string of the molecule is CC(=O)/C=C/CN(C)CC(=O)OC(C)(C)C. The number of ketones is 1. The average Bonchev–Trinajstić information content (AvgIpc) is 1.98. The van der Waals surface area contributed by atoms with Crippen LogP contribution in [-0.4, -0.2) is 42.4 Å². The number of nitrogens with zero attached hydrogens (tertiary/aromatic N) is 1. The van der Waals surface area contributed by atoms with Crippen molar-refractivity contribution in [2.75, 3.05) is 20.1 Å². The van der Waals surface area contributed by atoms with Gasteiger partial charge in [0.2, 0.25) is 0 Å². The van der Waals surface area contributed by atoms with Gasteiger partial charge in [-0.05, 0) is 40.8 Å². The molecule has 0 saturated carbocycles. The Labute approximate surface area is 97.3 Å². The summed E-state index contributed by atoms with van der Waals surface area (Å²) in [7, 11) is 1.80. The summed E-state index contributed by atoms with van der Waals surface area (Å²) in [5.41, 5.74) is -0.451. The van der Waals surface area contributed by atoms with Crippen LogP contribution in [0, 0.1) is 0 Å². The van der Waals surface area contributed by atoms with Crippen molar-refractivity contribution in [3.63, 3.8) is 0 Å². The molecular formula is C12H21NO3. The first-order chi connectivity index (χ1) is 7.20. The van der Waals surface area contributed by atoms with Gasteiger partial charge in [0.15, 0.2) is 5.78 Å². The lowest BCUT2D eigenvalue weighted by molar-refractivity contribution is -0.155. The number of allylic oxidation sites excluding steroid dienone is 1. The third-order valence-corrected chi connectivity index (χ3v) is 1.59. The molecule has 16 heavy (non-hydrogen) atoms. The van der Waals surface area contributed by atoms with E-state index in [9.17, 15) is 9.59 Å². The second-order valence-corrected chi connectivity index (χ2v) is 4.80. The van der Waals surface area contributed by atoms with Gasteiger partial charge in [-0.1, -0.05) is 6.08 Å². The molecule has 0 aromatic rings. The highest BCUT2D eigenvalue weighted by Crippen LogP contribution is 2.06. The zero-order chi connectivity index (χ0) is 12.8. The minimum absolute atomic E-state index is 0.00525. The Bertz CT molecular complexity index is 276. The first kappa shape index (κ1) is 14.8. The largest absolute Gasteiger partial charge is 0.459 e. The summed E-state index contributed by atoms with van der Waals surface area (Å²) in [5.74, 6) is -0.253. The Hall–Kier alpha value is -1.16. The van der Waals surface area contributed by atoms with Crippen LogP contribution in [0.15, 0.2) is 12.2 Å². The summed E-state index contributed by atoms with van der Waals surface area (Å²) < 4.78 is 5.16. The molecule has 0 heterocycles. The molecule has 0 aliphatic heterocycles. The number of hydrogen-bond acceptors (Lipinski definition) is 4. The zero-order valence-electron chi connectivity index (χ0n) is 10.7. The summed E-state index contributed by atoms with van der Waals surface area (Å²) in [6.07, 6.45) is 3.22. The first-order valence-corrected chi connectivity index (χ1v) is 5.28. The third-order valence-electron chi connectivity index (χ3n) is 1.59. The molecule has 0 fully saturated rings. The van der Waals surface area contributed by atoms with Crippen molar-refractivity contribution in [3.8, 4) is 0 Å². The smallest absolute Gasteiger partial charge is 0.320 e. The van der Waals surface area contributed by atoms with Gasteiger partial charge in [-0.3, -0.25) is 14.5 Å². The summed E-state index contributed by atoms with van der Waals surface area (Å²) in [6, 6.07) is 0. The fourth-order valence-corrected chi connectivity index (χ4v) is 1.06. The highest BCUT2D eigenvalue weighted by Gasteiger charge is 2.16. The lowest BCUT2D eigenvalue weighted by Crippen LogP contribution is -2.32. The van der Waals surface area contributed by atoms with Crippen molar-refractivity contribution in [2.24, 2.45) is 0 Å². The van der Waals surface area contributed by atoms with E-state index in [1.165, 1.54) is 13.0 Å². The minimum Gasteiger partial charge on any atom is -0.459 e. The average molecular weight is 227 g/mol. The summed E-state index contributed by atoms with van der Waals surface area (Å²) >= 11 is 0. The van der Waals surface area contributed by atoms with Crippen molar-refractivity contribution in [1.29, 1.82) is 0 Å². The maximum absolute atomic E-state index is 11.4. The normalized spacial score (nSPS) is 12.1. The van der Waals surface area contributed by atoms with Gasteiger partial charge in [0, 0.05) is 6.54 Å². The molecule has 0 atom stereocenters. The van der Waals surface area contributed by atoms with E-state index in [0.717, 1.165) is 0 Å². The number of carbonyl (C=O) groups is 2. The maximum Gasteiger partial charge on any atom is 0.320 e. The van der Waals surface area contributed by atoms with Crippen molar-refractivity contribution in [3.05, 3.63) is 12.2 Å². The Morgan fingerprint density at radius 2 is 1.88 bits per heavy atom. The molecule has 4 nitrogen and oxygen atoms in total. The molecule has 0 aliphatic rings. The van der Waals surface area contributed by atoms with Crippen LogP contribution in [-0.2, 0) is 14.3 Å². The molecule has 0 spiro atoms. The first-order valence-electron chi connectivity index (χ1n) is 5.28. The quantitative estimate of drug-likeness (QED) is 0.526. The van der Waals surface area contributed by atoms with E-state index in [1.54, 1.807) is 18.0 Å². The molecule has 0 radical (unpaired) electrons. The Balaban J connectivity index is 3.92. The minimum atomic E-state index is -0.451. The lowest BCUT2D eigenvalue weighted by Gasteiger charge is -2.21. The van der Waals surface area contributed by atoms with Crippen LogP contribution in [0.5, 0.6) is 0 Å². The summed E-state index contributed by atoms with van der Waals surface area (Å²) in [6.45, 7) is 7.77. The van der Waals surface area contributed by atoms with Crippen LogP contribution in [0.25, 0.3) is 0 Å². The van der Waals surface area contributed by atoms with Gasteiger partial charge in [0.25, 0.3) is 0 Å². The van der Waals surface area contributed by atoms with Crippen LogP contribution in [0.3, 0.4) is 0 Å². The van der Waals surface area contributed by atoms with E-state index >= 15 is 0 Å². The number of rotatable bonds is 5. The molecule has 92 valence electrons. The topological polar surface area (TPSA) is 46.6 Å². The van der Waals surface area contributed by atoms with Gasteiger partial charge in [-0.15, -0.1) is 0 Å². The Morgan fingerprint density at radius 3 is 2.31 bits per heavy atom. The third kappa shape index (κ3) is 9.40.